The summed E-state index contributed by atoms with van der Waals surface area (Å²) >= 11 is 4.04. The number of hydrogen-bond acceptors (Lipinski definition) is 3. The molecule has 0 spiro atoms. The van der Waals surface area contributed by atoms with Crippen LogP contribution in [0.15, 0.2) is 18.2 Å². The Hall–Kier alpha value is -1.36. The van der Waals surface area contributed by atoms with Crippen LogP contribution in [0.25, 0.3) is 0 Å². The molecule has 1 aliphatic heterocycles. The van der Waals surface area contributed by atoms with Crippen molar-refractivity contribution in [2.45, 2.75) is 37.9 Å². The summed E-state index contributed by atoms with van der Waals surface area (Å²) in [5.41, 5.74) is 0.503. The summed E-state index contributed by atoms with van der Waals surface area (Å²) in [6.45, 7) is 5.71. The topological polar surface area (TPSA) is 37.4 Å². The summed E-state index contributed by atoms with van der Waals surface area (Å²) in [4.78, 5) is 24.5. The van der Waals surface area contributed by atoms with Crippen molar-refractivity contribution in [3.05, 3.63) is 29.6 Å². The predicted molar refractivity (Wildman–Crippen MR) is 75.0 cm³/mol. The molecule has 0 aliphatic carbocycles. The Morgan fingerprint density at radius 3 is 2.37 bits per heavy atom. The highest BCUT2D eigenvalue weighted by molar-refractivity contribution is 7.82. The molecular formula is C14H16FNO2S. The lowest BCUT2D eigenvalue weighted by molar-refractivity contribution is -0.121. The Bertz CT molecular complexity index is 551. The summed E-state index contributed by atoms with van der Waals surface area (Å²) in [6, 6.07) is 4.46. The van der Waals surface area contributed by atoms with E-state index >= 15 is 0 Å². The largest absolute Gasteiger partial charge is 0.274 e. The predicted octanol–water partition coefficient (Wildman–Crippen LogP) is 2.68. The standard InChI is InChI=1S/C14H16FNO2S/c1-14(2,3)9-5-4-8(6-10(9)15)16-12(17)7-11(19)13(16)18/h4-6,11,19H,7H2,1-3H3. The van der Waals surface area contributed by atoms with E-state index in [0.717, 1.165) is 4.90 Å². The number of halogens is 1. The summed E-state index contributed by atoms with van der Waals surface area (Å²) in [6.07, 6.45) is 0.0601. The molecule has 1 fully saturated rings. The molecule has 2 amide bonds. The van der Waals surface area contributed by atoms with Crippen LogP contribution in [0.1, 0.15) is 32.8 Å². The van der Waals surface area contributed by atoms with Gasteiger partial charge in [0.05, 0.1) is 10.9 Å². The van der Waals surface area contributed by atoms with E-state index in [-0.39, 0.29) is 23.4 Å². The Labute approximate surface area is 117 Å². The first-order valence-electron chi connectivity index (χ1n) is 6.06. The number of thiol groups is 1. The lowest BCUT2D eigenvalue weighted by Crippen LogP contribution is -2.31. The van der Waals surface area contributed by atoms with Gasteiger partial charge in [0.1, 0.15) is 5.82 Å². The molecule has 1 aliphatic rings. The van der Waals surface area contributed by atoms with Crippen LogP contribution in [0.5, 0.6) is 0 Å². The van der Waals surface area contributed by atoms with Crippen LogP contribution in [0.3, 0.4) is 0 Å². The molecule has 3 nitrogen and oxygen atoms in total. The van der Waals surface area contributed by atoms with E-state index < -0.39 is 17.0 Å². The third-order valence-electron chi connectivity index (χ3n) is 3.14. The number of benzene rings is 1. The first-order chi connectivity index (χ1) is 8.71. The number of nitrogens with zero attached hydrogens (tertiary/aromatic N) is 1. The summed E-state index contributed by atoms with van der Waals surface area (Å²) < 4.78 is 14.1. The van der Waals surface area contributed by atoms with Gasteiger partial charge in [-0.1, -0.05) is 26.8 Å². The summed E-state index contributed by atoms with van der Waals surface area (Å²) in [7, 11) is 0. The van der Waals surface area contributed by atoms with Crippen LogP contribution in [-0.2, 0) is 15.0 Å². The third-order valence-corrected chi connectivity index (χ3v) is 3.55. The zero-order valence-corrected chi connectivity index (χ0v) is 12.0. The Morgan fingerprint density at radius 2 is 1.95 bits per heavy atom. The minimum atomic E-state index is -0.627. The normalized spacial score (nSPS) is 20.3. The number of carbonyl (C=O) groups excluding carboxylic acids is 2. The molecule has 5 heteroatoms. The smallest absolute Gasteiger partial charge is 0.247 e. The van der Waals surface area contributed by atoms with Crippen LogP contribution >= 0.6 is 12.6 Å². The molecular weight excluding hydrogens is 265 g/mol. The molecule has 1 saturated heterocycles. The first-order valence-corrected chi connectivity index (χ1v) is 6.58. The van der Waals surface area contributed by atoms with Gasteiger partial charge in [-0.3, -0.25) is 9.59 Å². The van der Waals surface area contributed by atoms with E-state index in [0.29, 0.717) is 5.56 Å². The van der Waals surface area contributed by atoms with Crippen LogP contribution in [0.4, 0.5) is 10.1 Å². The van der Waals surface area contributed by atoms with E-state index in [4.69, 9.17) is 0 Å². The van der Waals surface area contributed by atoms with Crippen LogP contribution < -0.4 is 4.90 Å². The third kappa shape index (κ3) is 2.52. The van der Waals surface area contributed by atoms with Crippen molar-refractivity contribution < 1.29 is 14.0 Å². The minimum Gasteiger partial charge on any atom is -0.274 e. The van der Waals surface area contributed by atoms with Gasteiger partial charge in [-0.25, -0.2) is 9.29 Å². The van der Waals surface area contributed by atoms with Crippen molar-refractivity contribution in [1.82, 2.24) is 0 Å². The monoisotopic (exact) mass is 281 g/mol. The highest BCUT2D eigenvalue weighted by atomic mass is 32.1. The Balaban J connectivity index is 2.41. The summed E-state index contributed by atoms with van der Waals surface area (Å²) in [5.74, 6) is -1.14. The number of rotatable bonds is 1. The van der Waals surface area contributed by atoms with Gasteiger partial charge in [-0.2, -0.15) is 12.6 Å². The molecule has 1 heterocycles. The zero-order chi connectivity index (χ0) is 14.4. The molecule has 0 N–H and O–H groups in total. The number of hydrogen-bond donors (Lipinski definition) is 1. The molecule has 0 saturated carbocycles. The van der Waals surface area contributed by atoms with Crippen LogP contribution in [0, 0.1) is 5.82 Å². The average Bonchev–Trinajstić information content (AvgIpc) is 2.51. The number of imide groups is 1. The minimum absolute atomic E-state index is 0.0601. The van der Waals surface area contributed by atoms with E-state index in [2.05, 4.69) is 12.6 Å². The van der Waals surface area contributed by atoms with Crippen molar-refractivity contribution in [3.8, 4) is 0 Å². The van der Waals surface area contributed by atoms with Gasteiger partial charge in [0.15, 0.2) is 0 Å². The second-order valence-corrected chi connectivity index (χ2v) is 6.32. The quantitative estimate of drug-likeness (QED) is 0.635. The second-order valence-electron chi connectivity index (χ2n) is 5.70. The summed E-state index contributed by atoms with van der Waals surface area (Å²) in [5, 5.41) is -0.627. The molecule has 2 rings (SSSR count). The molecule has 0 bridgehead atoms. The fraction of sp³-hybridized carbons (Fsp3) is 0.429. The van der Waals surface area contributed by atoms with Gasteiger partial charge < -0.3 is 0 Å². The SMILES string of the molecule is CC(C)(C)c1ccc(N2C(=O)CC(S)C2=O)cc1F. The molecule has 1 aromatic rings. The van der Waals surface area contributed by atoms with Gasteiger partial charge in [-0.05, 0) is 23.1 Å². The molecule has 102 valence electrons. The number of carbonyl (C=O) groups is 2. The maximum Gasteiger partial charge on any atom is 0.247 e. The van der Waals surface area contributed by atoms with E-state index in [1.807, 2.05) is 20.8 Å². The van der Waals surface area contributed by atoms with E-state index in [9.17, 15) is 14.0 Å². The van der Waals surface area contributed by atoms with Gasteiger partial charge in [0.25, 0.3) is 0 Å². The van der Waals surface area contributed by atoms with Crippen molar-refractivity contribution in [3.63, 3.8) is 0 Å². The fourth-order valence-corrected chi connectivity index (χ4v) is 2.41. The zero-order valence-electron chi connectivity index (χ0n) is 11.1. The average molecular weight is 281 g/mol. The van der Waals surface area contributed by atoms with Crippen molar-refractivity contribution in [2.24, 2.45) is 0 Å². The molecule has 1 unspecified atom stereocenters. The highest BCUT2D eigenvalue weighted by Gasteiger charge is 2.37. The molecule has 1 aromatic carbocycles. The maximum atomic E-state index is 14.1. The maximum absolute atomic E-state index is 14.1. The van der Waals surface area contributed by atoms with Crippen LogP contribution in [0.2, 0.25) is 0 Å². The van der Waals surface area contributed by atoms with Gasteiger partial charge >= 0.3 is 0 Å². The number of anilines is 1. The van der Waals surface area contributed by atoms with Crippen LogP contribution in [-0.4, -0.2) is 17.1 Å². The number of amides is 2. The second kappa shape index (κ2) is 4.63. The fourth-order valence-electron chi connectivity index (χ4n) is 2.14. The molecule has 0 aromatic heterocycles. The lowest BCUT2D eigenvalue weighted by atomic mass is 9.86. The lowest BCUT2D eigenvalue weighted by Gasteiger charge is -2.22. The van der Waals surface area contributed by atoms with Crippen molar-refractivity contribution >= 4 is 30.1 Å². The molecule has 1 atom stereocenters. The van der Waals surface area contributed by atoms with E-state index in [1.165, 1.54) is 6.07 Å². The van der Waals surface area contributed by atoms with Crippen molar-refractivity contribution in [1.29, 1.82) is 0 Å². The van der Waals surface area contributed by atoms with E-state index in [1.54, 1.807) is 12.1 Å². The highest BCUT2D eigenvalue weighted by Crippen LogP contribution is 2.31. The Kier molecular flexibility index (Phi) is 3.43. The Morgan fingerprint density at radius 1 is 1.32 bits per heavy atom. The van der Waals surface area contributed by atoms with Gasteiger partial charge in [0, 0.05) is 6.42 Å². The van der Waals surface area contributed by atoms with Gasteiger partial charge in [-0.15, -0.1) is 0 Å². The van der Waals surface area contributed by atoms with Crippen molar-refractivity contribution in [2.75, 3.05) is 4.90 Å². The first kappa shape index (κ1) is 14.1. The molecule has 19 heavy (non-hydrogen) atoms. The molecule has 0 radical (unpaired) electrons. The van der Waals surface area contributed by atoms with Gasteiger partial charge in [0.2, 0.25) is 11.8 Å².